The highest BCUT2D eigenvalue weighted by atomic mass is 15.1. The molecular formula is C22H30N2. The van der Waals surface area contributed by atoms with Crippen molar-refractivity contribution in [2.24, 2.45) is 0 Å². The summed E-state index contributed by atoms with van der Waals surface area (Å²) in [6.07, 6.45) is 4.92. The minimum atomic E-state index is 0.593. The van der Waals surface area contributed by atoms with Gasteiger partial charge in [0.2, 0.25) is 0 Å². The standard InChI is InChI=1S/C22H30N2/c1-19(12-13-20-8-4-2-5-9-20)23-22-14-16-24(17-15-22)18-21-10-6-3-7-11-21/h2-11,19,22-23H,12-18H2,1H3/t19-/m1/s1. The fourth-order valence-electron chi connectivity index (χ4n) is 3.61. The molecule has 0 radical (unpaired) electrons. The van der Waals surface area contributed by atoms with Gasteiger partial charge in [0.25, 0.3) is 0 Å². The average molecular weight is 322 g/mol. The minimum Gasteiger partial charge on any atom is -0.311 e. The zero-order valence-corrected chi connectivity index (χ0v) is 14.8. The van der Waals surface area contributed by atoms with E-state index in [1.807, 2.05) is 0 Å². The van der Waals surface area contributed by atoms with Crippen LogP contribution in [0.15, 0.2) is 60.7 Å². The number of aryl methyl sites for hydroxylation is 1. The molecule has 0 bridgehead atoms. The number of nitrogens with one attached hydrogen (secondary N) is 1. The number of hydrogen-bond donors (Lipinski definition) is 1. The number of nitrogens with zero attached hydrogens (tertiary/aromatic N) is 1. The van der Waals surface area contributed by atoms with E-state index in [0.29, 0.717) is 12.1 Å². The molecule has 1 fully saturated rings. The molecule has 2 heteroatoms. The van der Waals surface area contributed by atoms with Gasteiger partial charge in [0.1, 0.15) is 0 Å². The van der Waals surface area contributed by atoms with Gasteiger partial charge in [-0.25, -0.2) is 0 Å². The predicted molar refractivity (Wildman–Crippen MR) is 102 cm³/mol. The van der Waals surface area contributed by atoms with E-state index in [-0.39, 0.29) is 0 Å². The first-order valence-corrected chi connectivity index (χ1v) is 9.36. The molecule has 0 unspecified atom stereocenters. The van der Waals surface area contributed by atoms with E-state index in [0.717, 1.165) is 6.54 Å². The van der Waals surface area contributed by atoms with Crippen LogP contribution in [-0.4, -0.2) is 30.1 Å². The van der Waals surface area contributed by atoms with Crippen LogP contribution in [0.5, 0.6) is 0 Å². The first kappa shape index (κ1) is 17.2. The molecule has 1 N–H and O–H groups in total. The van der Waals surface area contributed by atoms with Crippen LogP contribution in [0.1, 0.15) is 37.3 Å². The fourth-order valence-corrected chi connectivity index (χ4v) is 3.61. The average Bonchev–Trinajstić information content (AvgIpc) is 2.63. The summed E-state index contributed by atoms with van der Waals surface area (Å²) >= 11 is 0. The molecule has 2 nitrogen and oxygen atoms in total. The van der Waals surface area contributed by atoms with Gasteiger partial charge in [-0.3, -0.25) is 4.90 Å². The van der Waals surface area contributed by atoms with Crippen molar-refractivity contribution in [1.29, 1.82) is 0 Å². The molecule has 1 aliphatic rings. The van der Waals surface area contributed by atoms with Crippen LogP contribution in [0, 0.1) is 0 Å². The summed E-state index contributed by atoms with van der Waals surface area (Å²) in [5.41, 5.74) is 2.88. The maximum absolute atomic E-state index is 3.85. The van der Waals surface area contributed by atoms with E-state index >= 15 is 0 Å². The Hall–Kier alpha value is -1.64. The van der Waals surface area contributed by atoms with Gasteiger partial charge >= 0.3 is 0 Å². The van der Waals surface area contributed by atoms with Gasteiger partial charge in [0.05, 0.1) is 0 Å². The van der Waals surface area contributed by atoms with Crippen molar-refractivity contribution in [3.05, 3.63) is 71.8 Å². The number of likely N-dealkylation sites (tertiary alicyclic amines) is 1. The van der Waals surface area contributed by atoms with Gasteiger partial charge in [-0.05, 0) is 56.8 Å². The smallest absolute Gasteiger partial charge is 0.0233 e. The Kier molecular flexibility index (Phi) is 6.45. The Morgan fingerprint density at radius 3 is 2.12 bits per heavy atom. The van der Waals surface area contributed by atoms with E-state index in [2.05, 4.69) is 77.8 Å². The summed E-state index contributed by atoms with van der Waals surface area (Å²) < 4.78 is 0. The molecule has 1 atom stereocenters. The molecule has 1 heterocycles. The second-order valence-corrected chi connectivity index (χ2v) is 7.13. The Morgan fingerprint density at radius 2 is 1.50 bits per heavy atom. The number of hydrogen-bond acceptors (Lipinski definition) is 2. The maximum atomic E-state index is 3.85. The molecule has 1 aliphatic heterocycles. The summed E-state index contributed by atoms with van der Waals surface area (Å²) in [5.74, 6) is 0. The van der Waals surface area contributed by atoms with E-state index in [1.54, 1.807) is 0 Å². The van der Waals surface area contributed by atoms with E-state index in [1.165, 1.54) is 49.9 Å². The summed E-state index contributed by atoms with van der Waals surface area (Å²) in [5, 5.41) is 3.85. The molecule has 3 rings (SSSR count). The normalized spacial score (nSPS) is 17.7. The van der Waals surface area contributed by atoms with Crippen LogP contribution in [-0.2, 0) is 13.0 Å². The van der Waals surface area contributed by atoms with Crippen LogP contribution in [0.3, 0.4) is 0 Å². The van der Waals surface area contributed by atoms with Crippen molar-refractivity contribution in [1.82, 2.24) is 10.2 Å². The van der Waals surface area contributed by atoms with Gasteiger partial charge in [-0.2, -0.15) is 0 Å². The van der Waals surface area contributed by atoms with Crippen molar-refractivity contribution < 1.29 is 0 Å². The summed E-state index contributed by atoms with van der Waals surface area (Å²) in [7, 11) is 0. The molecule has 128 valence electrons. The fraction of sp³-hybridized carbons (Fsp3) is 0.455. The number of benzene rings is 2. The molecule has 0 spiro atoms. The number of rotatable bonds is 7. The minimum absolute atomic E-state index is 0.593. The first-order chi connectivity index (χ1) is 11.8. The highest BCUT2D eigenvalue weighted by molar-refractivity contribution is 5.15. The van der Waals surface area contributed by atoms with E-state index in [4.69, 9.17) is 0 Å². The van der Waals surface area contributed by atoms with Crippen LogP contribution >= 0.6 is 0 Å². The summed E-state index contributed by atoms with van der Waals surface area (Å²) in [6, 6.07) is 22.9. The van der Waals surface area contributed by atoms with Crippen molar-refractivity contribution in [2.45, 2.75) is 51.2 Å². The quantitative estimate of drug-likeness (QED) is 0.819. The van der Waals surface area contributed by atoms with E-state index in [9.17, 15) is 0 Å². The highest BCUT2D eigenvalue weighted by Gasteiger charge is 2.20. The molecule has 1 saturated heterocycles. The van der Waals surface area contributed by atoms with Gasteiger partial charge in [-0.15, -0.1) is 0 Å². The molecule has 24 heavy (non-hydrogen) atoms. The third-order valence-electron chi connectivity index (χ3n) is 5.07. The molecule has 2 aromatic carbocycles. The van der Waals surface area contributed by atoms with Crippen LogP contribution in [0.4, 0.5) is 0 Å². The molecule has 0 aromatic heterocycles. The molecule has 0 saturated carbocycles. The summed E-state index contributed by atoms with van der Waals surface area (Å²) in [6.45, 7) is 5.84. The van der Waals surface area contributed by atoms with Crippen molar-refractivity contribution >= 4 is 0 Å². The Balaban J connectivity index is 1.36. The first-order valence-electron chi connectivity index (χ1n) is 9.36. The monoisotopic (exact) mass is 322 g/mol. The zero-order valence-electron chi connectivity index (χ0n) is 14.8. The third-order valence-corrected chi connectivity index (χ3v) is 5.07. The Bertz CT molecular complexity index is 573. The second-order valence-electron chi connectivity index (χ2n) is 7.13. The van der Waals surface area contributed by atoms with Crippen molar-refractivity contribution in [3.63, 3.8) is 0 Å². The van der Waals surface area contributed by atoms with Crippen molar-refractivity contribution in [3.8, 4) is 0 Å². The summed E-state index contributed by atoms with van der Waals surface area (Å²) in [4.78, 5) is 2.59. The van der Waals surface area contributed by atoms with Gasteiger partial charge in [0.15, 0.2) is 0 Å². The SMILES string of the molecule is C[C@H](CCc1ccccc1)NC1CCN(Cc2ccccc2)CC1. The zero-order chi connectivity index (χ0) is 16.6. The predicted octanol–water partition coefficient (Wildman–Crippen LogP) is 4.26. The van der Waals surface area contributed by atoms with E-state index < -0.39 is 0 Å². The topological polar surface area (TPSA) is 15.3 Å². The lowest BCUT2D eigenvalue weighted by molar-refractivity contribution is 0.184. The second kappa shape index (κ2) is 9.00. The lowest BCUT2D eigenvalue weighted by atomic mass is 10.0. The van der Waals surface area contributed by atoms with Gasteiger partial charge in [0, 0.05) is 18.6 Å². The van der Waals surface area contributed by atoms with Gasteiger partial charge < -0.3 is 5.32 Å². The molecule has 2 aromatic rings. The molecule has 0 aliphatic carbocycles. The van der Waals surface area contributed by atoms with Crippen LogP contribution in [0.2, 0.25) is 0 Å². The molecule has 0 amide bonds. The highest BCUT2D eigenvalue weighted by Crippen LogP contribution is 2.15. The largest absolute Gasteiger partial charge is 0.311 e. The Morgan fingerprint density at radius 1 is 0.917 bits per heavy atom. The maximum Gasteiger partial charge on any atom is 0.0233 e. The third kappa shape index (κ3) is 5.47. The van der Waals surface area contributed by atoms with Crippen LogP contribution in [0.25, 0.3) is 0 Å². The van der Waals surface area contributed by atoms with Crippen LogP contribution < -0.4 is 5.32 Å². The lowest BCUT2D eigenvalue weighted by Gasteiger charge is -2.34. The number of piperidine rings is 1. The Labute approximate surface area is 146 Å². The molecular weight excluding hydrogens is 292 g/mol. The van der Waals surface area contributed by atoms with Crippen molar-refractivity contribution in [2.75, 3.05) is 13.1 Å². The van der Waals surface area contributed by atoms with Gasteiger partial charge in [-0.1, -0.05) is 60.7 Å². The lowest BCUT2D eigenvalue weighted by Crippen LogP contribution is -2.45.